The number of anilines is 1. The molecule has 1 unspecified atom stereocenters. The van der Waals surface area contributed by atoms with Gasteiger partial charge in [-0.1, -0.05) is 31.2 Å². The quantitative estimate of drug-likeness (QED) is 0.618. The predicted octanol–water partition coefficient (Wildman–Crippen LogP) is 4.57. The fourth-order valence-electron chi connectivity index (χ4n) is 3.05. The van der Waals surface area contributed by atoms with E-state index in [2.05, 4.69) is 10.3 Å². The smallest absolute Gasteiger partial charge is 0.267 e. The Morgan fingerprint density at radius 2 is 2.00 bits per heavy atom. The number of amides is 1. The van der Waals surface area contributed by atoms with Crippen LogP contribution in [-0.4, -0.2) is 23.8 Å². The van der Waals surface area contributed by atoms with E-state index in [1.807, 2.05) is 62.4 Å². The number of hydrogen-bond donors (Lipinski definition) is 1. The largest absolute Gasteiger partial charge is 0.481 e. The molecule has 0 aliphatic carbocycles. The highest BCUT2D eigenvalue weighted by Crippen LogP contribution is 2.34. The summed E-state index contributed by atoms with van der Waals surface area (Å²) in [5, 5.41) is 3.48. The van der Waals surface area contributed by atoms with Crippen molar-refractivity contribution in [3.8, 4) is 17.2 Å². The van der Waals surface area contributed by atoms with Crippen molar-refractivity contribution in [2.75, 3.05) is 12.1 Å². The molecule has 1 aliphatic heterocycles. The third-order valence-electron chi connectivity index (χ3n) is 4.61. The highest BCUT2D eigenvalue weighted by molar-refractivity contribution is 7.15. The monoisotopic (exact) mass is 410 g/mol. The first-order chi connectivity index (χ1) is 14.1. The number of nitrogens with one attached hydrogen (secondary N) is 1. The van der Waals surface area contributed by atoms with Crippen molar-refractivity contribution < 1.29 is 19.0 Å². The average Bonchev–Trinajstić information content (AvgIpc) is 3.33. The molecule has 2 heterocycles. The summed E-state index contributed by atoms with van der Waals surface area (Å²) >= 11 is 1.48. The molecule has 150 valence electrons. The number of thiazole rings is 1. The molecule has 1 aliphatic rings. The van der Waals surface area contributed by atoms with E-state index in [4.69, 9.17) is 14.2 Å². The topological polar surface area (TPSA) is 69.7 Å². The fourth-order valence-corrected chi connectivity index (χ4v) is 4.05. The van der Waals surface area contributed by atoms with Crippen molar-refractivity contribution in [3.05, 3.63) is 64.7 Å². The van der Waals surface area contributed by atoms with Gasteiger partial charge in [-0.2, -0.15) is 0 Å². The number of fused-ring (bicyclic) bond motifs is 1. The molecule has 0 bridgehead atoms. The van der Waals surface area contributed by atoms with E-state index in [1.165, 1.54) is 11.3 Å². The van der Waals surface area contributed by atoms with Crippen molar-refractivity contribution >= 4 is 22.4 Å². The van der Waals surface area contributed by atoms with Gasteiger partial charge in [0.15, 0.2) is 22.7 Å². The maximum Gasteiger partial charge on any atom is 0.267 e. The predicted molar refractivity (Wildman–Crippen MR) is 112 cm³/mol. The highest BCUT2D eigenvalue weighted by atomic mass is 32.1. The molecule has 29 heavy (non-hydrogen) atoms. The van der Waals surface area contributed by atoms with Gasteiger partial charge in [-0.25, -0.2) is 4.98 Å². The SMILES string of the molecule is CCC(Oc1ccccc1)C(=O)Nc1nc(C)c(Cc2ccc3c(c2)OCO3)s1. The molecule has 1 N–H and O–H groups in total. The minimum atomic E-state index is -0.570. The summed E-state index contributed by atoms with van der Waals surface area (Å²) < 4.78 is 16.6. The number of aromatic nitrogens is 1. The Bertz CT molecular complexity index is 1000. The molecule has 4 rings (SSSR count). The van der Waals surface area contributed by atoms with Crippen LogP contribution in [0.25, 0.3) is 0 Å². The van der Waals surface area contributed by atoms with E-state index >= 15 is 0 Å². The van der Waals surface area contributed by atoms with Crippen LogP contribution in [0, 0.1) is 6.92 Å². The average molecular weight is 410 g/mol. The molecule has 0 saturated carbocycles. The number of carbonyl (C=O) groups is 1. The summed E-state index contributed by atoms with van der Waals surface area (Å²) in [5.74, 6) is 2.02. The third kappa shape index (κ3) is 4.51. The summed E-state index contributed by atoms with van der Waals surface area (Å²) in [5.41, 5.74) is 2.01. The maximum absolute atomic E-state index is 12.7. The van der Waals surface area contributed by atoms with Gasteiger partial charge in [-0.3, -0.25) is 10.1 Å². The lowest BCUT2D eigenvalue weighted by atomic mass is 10.1. The van der Waals surface area contributed by atoms with Gasteiger partial charge in [0.1, 0.15) is 5.75 Å². The number of benzene rings is 2. The Morgan fingerprint density at radius 1 is 1.21 bits per heavy atom. The van der Waals surface area contributed by atoms with Crippen LogP contribution in [0.5, 0.6) is 17.2 Å². The maximum atomic E-state index is 12.7. The number of rotatable bonds is 7. The second-order valence-corrected chi connectivity index (χ2v) is 7.79. The van der Waals surface area contributed by atoms with Gasteiger partial charge < -0.3 is 14.2 Å². The first-order valence-corrected chi connectivity index (χ1v) is 10.3. The lowest BCUT2D eigenvalue weighted by Crippen LogP contribution is -2.32. The lowest BCUT2D eigenvalue weighted by Gasteiger charge is -2.16. The Hall–Kier alpha value is -3.06. The minimum Gasteiger partial charge on any atom is -0.481 e. The number of ether oxygens (including phenoxy) is 3. The molecule has 7 heteroatoms. The molecular weight excluding hydrogens is 388 g/mol. The van der Waals surface area contributed by atoms with Crippen LogP contribution in [-0.2, 0) is 11.2 Å². The standard InChI is InChI=1S/C22H22N2O4S/c1-3-17(28-16-7-5-4-6-8-16)21(25)24-22-23-14(2)20(29-22)12-15-9-10-18-19(11-15)27-13-26-18/h4-11,17H,3,12-13H2,1-2H3,(H,23,24,25). The molecule has 0 spiro atoms. The molecule has 0 saturated heterocycles. The Morgan fingerprint density at radius 3 is 2.79 bits per heavy atom. The summed E-state index contributed by atoms with van der Waals surface area (Å²) in [6.07, 6.45) is 0.710. The van der Waals surface area contributed by atoms with Crippen molar-refractivity contribution in [3.63, 3.8) is 0 Å². The molecular formula is C22H22N2O4S. The van der Waals surface area contributed by atoms with E-state index < -0.39 is 6.10 Å². The molecule has 6 nitrogen and oxygen atoms in total. The molecule has 0 radical (unpaired) electrons. The normalized spacial score (nSPS) is 13.2. The van der Waals surface area contributed by atoms with Crippen LogP contribution in [0.3, 0.4) is 0 Å². The summed E-state index contributed by atoms with van der Waals surface area (Å²) in [6.45, 7) is 4.13. The number of aryl methyl sites for hydroxylation is 1. The lowest BCUT2D eigenvalue weighted by molar-refractivity contribution is -0.122. The summed E-state index contributed by atoms with van der Waals surface area (Å²) in [6, 6.07) is 15.3. The van der Waals surface area contributed by atoms with Gasteiger partial charge in [0.05, 0.1) is 5.69 Å². The molecule has 1 amide bonds. The Labute approximate surface area is 173 Å². The number of para-hydroxylation sites is 1. The van der Waals surface area contributed by atoms with Gasteiger partial charge in [-0.15, -0.1) is 11.3 Å². The number of nitrogens with zero attached hydrogens (tertiary/aromatic N) is 1. The van der Waals surface area contributed by atoms with E-state index in [-0.39, 0.29) is 12.7 Å². The molecule has 0 fully saturated rings. The first kappa shape index (κ1) is 19.3. The molecule has 1 aromatic heterocycles. The van der Waals surface area contributed by atoms with Gasteiger partial charge in [0.25, 0.3) is 5.91 Å². The second-order valence-electron chi connectivity index (χ2n) is 6.71. The zero-order chi connectivity index (χ0) is 20.2. The van der Waals surface area contributed by atoms with Gasteiger partial charge in [-0.05, 0) is 43.2 Å². The van der Waals surface area contributed by atoms with Gasteiger partial charge in [0.2, 0.25) is 6.79 Å². The van der Waals surface area contributed by atoms with Crippen LogP contribution >= 0.6 is 11.3 Å². The van der Waals surface area contributed by atoms with Crippen LogP contribution in [0.2, 0.25) is 0 Å². The fraction of sp³-hybridized carbons (Fsp3) is 0.273. The highest BCUT2D eigenvalue weighted by Gasteiger charge is 2.21. The van der Waals surface area contributed by atoms with Gasteiger partial charge >= 0.3 is 0 Å². The van der Waals surface area contributed by atoms with Crippen molar-refractivity contribution in [2.45, 2.75) is 32.8 Å². The van der Waals surface area contributed by atoms with Crippen molar-refractivity contribution in [2.24, 2.45) is 0 Å². The van der Waals surface area contributed by atoms with Crippen LogP contribution in [0.4, 0.5) is 5.13 Å². The Balaban J connectivity index is 1.42. The molecule has 3 aromatic rings. The number of hydrogen-bond acceptors (Lipinski definition) is 6. The first-order valence-electron chi connectivity index (χ1n) is 9.49. The molecule has 2 aromatic carbocycles. The van der Waals surface area contributed by atoms with Crippen LogP contribution < -0.4 is 19.5 Å². The number of carbonyl (C=O) groups excluding carboxylic acids is 1. The van der Waals surface area contributed by atoms with E-state index in [9.17, 15) is 4.79 Å². The Kier molecular flexibility index (Phi) is 5.67. The van der Waals surface area contributed by atoms with Gasteiger partial charge in [0, 0.05) is 11.3 Å². The van der Waals surface area contributed by atoms with E-state index in [0.717, 1.165) is 27.6 Å². The van der Waals surface area contributed by atoms with Crippen molar-refractivity contribution in [1.82, 2.24) is 4.98 Å². The minimum absolute atomic E-state index is 0.195. The zero-order valence-corrected chi connectivity index (χ0v) is 17.1. The third-order valence-corrected chi connectivity index (χ3v) is 5.68. The van der Waals surface area contributed by atoms with E-state index in [0.29, 0.717) is 23.7 Å². The van der Waals surface area contributed by atoms with Crippen LogP contribution in [0.1, 0.15) is 29.5 Å². The second kappa shape index (κ2) is 8.53. The van der Waals surface area contributed by atoms with Crippen molar-refractivity contribution in [1.29, 1.82) is 0 Å². The summed E-state index contributed by atoms with van der Waals surface area (Å²) in [4.78, 5) is 18.3. The zero-order valence-electron chi connectivity index (χ0n) is 16.3. The summed E-state index contributed by atoms with van der Waals surface area (Å²) in [7, 11) is 0. The van der Waals surface area contributed by atoms with E-state index in [1.54, 1.807) is 0 Å². The van der Waals surface area contributed by atoms with Crippen LogP contribution in [0.15, 0.2) is 48.5 Å². The molecule has 1 atom stereocenters.